The Morgan fingerprint density at radius 3 is 2.70 bits per heavy atom. The number of hydrogen-bond donors (Lipinski definition) is 2. The smallest absolute Gasteiger partial charge is 0.257 e. The molecule has 0 radical (unpaired) electrons. The molecule has 0 saturated heterocycles. The fourth-order valence-electron chi connectivity index (χ4n) is 3.71. The van der Waals surface area contributed by atoms with Gasteiger partial charge >= 0.3 is 0 Å². The Bertz CT molecular complexity index is 1310. The first-order valence-corrected chi connectivity index (χ1v) is 10.7. The molecule has 0 saturated carbocycles. The van der Waals surface area contributed by atoms with E-state index in [-0.39, 0.29) is 24.8 Å². The summed E-state index contributed by atoms with van der Waals surface area (Å²) in [4.78, 5) is 27.6. The number of aliphatic hydroxyl groups is 1. The highest BCUT2D eigenvalue weighted by atomic mass is 35.5. The number of benzene rings is 1. The lowest BCUT2D eigenvalue weighted by molar-refractivity contribution is 0.0949. The van der Waals surface area contributed by atoms with E-state index in [2.05, 4.69) is 5.32 Å². The van der Waals surface area contributed by atoms with Crippen molar-refractivity contribution < 1.29 is 18.7 Å². The number of furan rings is 2. The van der Waals surface area contributed by atoms with Crippen LogP contribution in [0, 0.1) is 0 Å². The van der Waals surface area contributed by atoms with Gasteiger partial charge in [-0.05, 0) is 42.9 Å². The first-order chi connectivity index (χ1) is 15.9. The predicted octanol–water partition coefficient (Wildman–Crippen LogP) is 3.47. The van der Waals surface area contributed by atoms with Crippen molar-refractivity contribution in [3.63, 3.8) is 0 Å². The lowest BCUT2D eigenvalue weighted by atomic mass is 10.1. The van der Waals surface area contributed by atoms with E-state index in [0.717, 1.165) is 5.56 Å². The fourth-order valence-corrected chi connectivity index (χ4v) is 3.84. The van der Waals surface area contributed by atoms with Crippen LogP contribution in [0.2, 0.25) is 5.02 Å². The number of nitrogens with zero attached hydrogens (tertiary/aromatic N) is 2. The van der Waals surface area contributed by atoms with Crippen molar-refractivity contribution in [2.45, 2.75) is 19.1 Å². The van der Waals surface area contributed by atoms with E-state index in [1.807, 2.05) is 24.1 Å². The van der Waals surface area contributed by atoms with Crippen LogP contribution in [0.15, 0.2) is 68.6 Å². The number of amides is 1. The monoisotopic (exact) mass is 469 g/mol. The SMILES string of the molecule is CN(Cc1cc2c(=O)c(C(=O)NCc3ccc(Cl)cc3)cn(C)c2o1)C(CO)c1ccco1. The summed E-state index contributed by atoms with van der Waals surface area (Å²) in [6.45, 7) is 0.467. The molecule has 33 heavy (non-hydrogen) atoms. The Labute approximate surface area is 195 Å². The maximum Gasteiger partial charge on any atom is 0.257 e. The lowest BCUT2D eigenvalue weighted by Gasteiger charge is -2.23. The Hall–Kier alpha value is -3.33. The van der Waals surface area contributed by atoms with Crippen molar-refractivity contribution in [2.75, 3.05) is 13.7 Å². The number of hydrogen-bond acceptors (Lipinski definition) is 6. The van der Waals surface area contributed by atoms with Gasteiger partial charge < -0.3 is 23.8 Å². The number of carbonyl (C=O) groups excluding carboxylic acids is 1. The molecule has 0 fully saturated rings. The Kier molecular flexibility index (Phi) is 6.69. The molecule has 2 N–H and O–H groups in total. The van der Waals surface area contributed by atoms with Gasteiger partial charge in [0.25, 0.3) is 5.91 Å². The normalized spacial score (nSPS) is 12.4. The van der Waals surface area contributed by atoms with Crippen LogP contribution in [0.3, 0.4) is 0 Å². The quantitative estimate of drug-likeness (QED) is 0.410. The third kappa shape index (κ3) is 4.88. The summed E-state index contributed by atoms with van der Waals surface area (Å²) in [6, 6.07) is 11.9. The minimum absolute atomic E-state index is 0.0310. The van der Waals surface area contributed by atoms with Crippen LogP contribution in [0.1, 0.15) is 33.5 Å². The Morgan fingerprint density at radius 2 is 2.03 bits per heavy atom. The van der Waals surface area contributed by atoms with E-state index in [9.17, 15) is 14.7 Å². The highest BCUT2D eigenvalue weighted by molar-refractivity contribution is 6.30. The van der Waals surface area contributed by atoms with Gasteiger partial charge in [-0.1, -0.05) is 23.7 Å². The molecule has 8 nitrogen and oxygen atoms in total. The van der Waals surface area contributed by atoms with Crippen molar-refractivity contribution in [3.05, 3.63) is 92.8 Å². The van der Waals surface area contributed by atoms with Gasteiger partial charge in [0, 0.05) is 24.8 Å². The standard InChI is InChI=1S/C24H24ClN3O5/c1-27(20(14-29)21-4-3-9-32-21)12-17-10-18-22(30)19(13-28(2)24(18)33-17)23(31)26-11-15-5-7-16(25)8-6-15/h3-10,13,20,29H,11-12,14H2,1-2H3,(H,26,31). The first-order valence-electron chi connectivity index (χ1n) is 10.4. The van der Waals surface area contributed by atoms with Crippen molar-refractivity contribution in [3.8, 4) is 0 Å². The summed E-state index contributed by atoms with van der Waals surface area (Å²) >= 11 is 5.89. The highest BCUT2D eigenvalue weighted by Crippen LogP contribution is 2.24. The van der Waals surface area contributed by atoms with E-state index in [1.54, 1.807) is 48.2 Å². The van der Waals surface area contributed by atoms with E-state index in [4.69, 9.17) is 20.4 Å². The molecular formula is C24H24ClN3O5. The average Bonchev–Trinajstić information content (AvgIpc) is 3.47. The summed E-state index contributed by atoms with van der Waals surface area (Å²) in [5.74, 6) is 0.695. The second-order valence-corrected chi connectivity index (χ2v) is 8.29. The second-order valence-electron chi connectivity index (χ2n) is 7.85. The molecule has 4 rings (SSSR count). The maximum absolute atomic E-state index is 13.0. The first kappa shape index (κ1) is 22.8. The highest BCUT2D eigenvalue weighted by Gasteiger charge is 2.22. The van der Waals surface area contributed by atoms with Crippen LogP contribution < -0.4 is 10.7 Å². The van der Waals surface area contributed by atoms with Gasteiger partial charge in [0.1, 0.15) is 17.1 Å². The molecule has 0 aliphatic heterocycles. The molecule has 0 spiro atoms. The predicted molar refractivity (Wildman–Crippen MR) is 124 cm³/mol. The number of fused-ring (bicyclic) bond motifs is 1. The average molecular weight is 470 g/mol. The lowest BCUT2D eigenvalue weighted by Crippen LogP contribution is -2.29. The minimum atomic E-state index is -0.467. The number of likely N-dealkylation sites (N-methyl/N-ethyl adjacent to an activating group) is 1. The molecule has 0 aliphatic carbocycles. The van der Waals surface area contributed by atoms with Gasteiger partial charge in [0.15, 0.2) is 0 Å². The van der Waals surface area contributed by atoms with Crippen molar-refractivity contribution >= 4 is 28.6 Å². The van der Waals surface area contributed by atoms with E-state index in [0.29, 0.717) is 34.2 Å². The molecule has 1 atom stereocenters. The third-order valence-electron chi connectivity index (χ3n) is 5.49. The number of rotatable bonds is 8. The molecule has 1 unspecified atom stereocenters. The Balaban J connectivity index is 1.55. The number of aliphatic hydroxyl groups excluding tert-OH is 1. The van der Waals surface area contributed by atoms with Gasteiger partial charge in [-0.15, -0.1) is 0 Å². The molecule has 1 amide bonds. The fraction of sp³-hybridized carbons (Fsp3) is 0.250. The van der Waals surface area contributed by atoms with Crippen molar-refractivity contribution in [1.29, 1.82) is 0 Å². The second kappa shape index (κ2) is 9.66. The summed E-state index contributed by atoms with van der Waals surface area (Å²) in [7, 11) is 3.54. The molecule has 3 aromatic heterocycles. The molecule has 1 aromatic carbocycles. The topological polar surface area (TPSA) is 101 Å². The summed E-state index contributed by atoms with van der Waals surface area (Å²) < 4.78 is 12.9. The van der Waals surface area contributed by atoms with Crippen molar-refractivity contribution in [1.82, 2.24) is 14.8 Å². The van der Waals surface area contributed by atoms with E-state index in [1.165, 1.54) is 6.20 Å². The maximum atomic E-state index is 13.0. The Morgan fingerprint density at radius 1 is 1.27 bits per heavy atom. The number of pyridine rings is 1. The molecule has 9 heteroatoms. The zero-order chi connectivity index (χ0) is 23.5. The third-order valence-corrected chi connectivity index (χ3v) is 5.74. The number of aromatic nitrogens is 1. The van der Waals surface area contributed by atoms with Crippen LogP contribution >= 0.6 is 11.6 Å². The molecule has 0 bridgehead atoms. The molecular weight excluding hydrogens is 446 g/mol. The molecule has 3 heterocycles. The molecule has 0 aliphatic rings. The van der Waals surface area contributed by atoms with Gasteiger partial charge in [-0.2, -0.15) is 0 Å². The van der Waals surface area contributed by atoms with Crippen molar-refractivity contribution in [2.24, 2.45) is 7.05 Å². The number of carbonyl (C=O) groups is 1. The zero-order valence-electron chi connectivity index (χ0n) is 18.2. The van der Waals surface area contributed by atoms with E-state index < -0.39 is 11.3 Å². The van der Waals surface area contributed by atoms with Crippen LogP contribution in [0.25, 0.3) is 11.1 Å². The van der Waals surface area contributed by atoms with Crippen LogP contribution in [-0.4, -0.2) is 34.1 Å². The van der Waals surface area contributed by atoms with Gasteiger partial charge in [-0.3, -0.25) is 14.5 Å². The molecule has 4 aromatic rings. The van der Waals surface area contributed by atoms with Gasteiger partial charge in [-0.25, -0.2) is 0 Å². The van der Waals surface area contributed by atoms with E-state index >= 15 is 0 Å². The number of nitrogens with one attached hydrogen (secondary N) is 1. The summed E-state index contributed by atoms with van der Waals surface area (Å²) in [5, 5.41) is 13.5. The molecule has 172 valence electrons. The van der Waals surface area contributed by atoms with Gasteiger partial charge in [0.2, 0.25) is 11.1 Å². The summed E-state index contributed by atoms with van der Waals surface area (Å²) in [6.07, 6.45) is 3.02. The van der Waals surface area contributed by atoms with Gasteiger partial charge in [0.05, 0.1) is 30.8 Å². The number of halogens is 1. The minimum Gasteiger partial charge on any atom is -0.468 e. The number of aryl methyl sites for hydroxylation is 1. The van der Waals surface area contributed by atoms with Crippen LogP contribution in [0.5, 0.6) is 0 Å². The van der Waals surface area contributed by atoms with Crippen LogP contribution in [-0.2, 0) is 20.1 Å². The largest absolute Gasteiger partial charge is 0.468 e. The summed E-state index contributed by atoms with van der Waals surface area (Å²) in [5.41, 5.74) is 0.869. The van der Waals surface area contributed by atoms with Crippen LogP contribution in [0.4, 0.5) is 0 Å². The zero-order valence-corrected chi connectivity index (χ0v) is 19.0.